The molecule has 2 rings (SSSR count). The third-order valence-electron chi connectivity index (χ3n) is 3.01. The van der Waals surface area contributed by atoms with Crippen LogP contribution in [0.4, 0.5) is 11.6 Å². The molecule has 1 aromatic carbocycles. The lowest BCUT2D eigenvalue weighted by Crippen LogP contribution is -2.23. The molecule has 21 heavy (non-hydrogen) atoms. The number of nitrogens with zero attached hydrogens (tertiary/aromatic N) is 2. The fraction of sp³-hybridized carbons (Fsp3) is 0.267. The van der Waals surface area contributed by atoms with E-state index in [0.29, 0.717) is 5.69 Å². The summed E-state index contributed by atoms with van der Waals surface area (Å²) >= 11 is 0. The van der Waals surface area contributed by atoms with Gasteiger partial charge in [0.25, 0.3) is 5.56 Å². The maximum Gasteiger partial charge on any atom is 0.252 e. The molecule has 0 atom stereocenters. The third-order valence-corrected chi connectivity index (χ3v) is 3.01. The number of nitrogens with one attached hydrogen (secondary N) is 2. The SMILES string of the molecule is Cc1cc(C)c(NC(N)=Nc2nc(C)cc(=O)[nH]2)c(C)c1. The van der Waals surface area contributed by atoms with Crippen molar-refractivity contribution >= 4 is 17.6 Å². The van der Waals surface area contributed by atoms with Gasteiger partial charge in [0.15, 0.2) is 0 Å². The fourth-order valence-electron chi connectivity index (χ4n) is 2.26. The highest BCUT2D eigenvalue weighted by atomic mass is 16.1. The fourth-order valence-corrected chi connectivity index (χ4v) is 2.26. The summed E-state index contributed by atoms with van der Waals surface area (Å²) in [6.07, 6.45) is 0. The highest BCUT2D eigenvalue weighted by Crippen LogP contribution is 2.21. The van der Waals surface area contributed by atoms with Gasteiger partial charge < -0.3 is 11.1 Å². The van der Waals surface area contributed by atoms with Crippen LogP contribution < -0.4 is 16.6 Å². The van der Waals surface area contributed by atoms with E-state index in [-0.39, 0.29) is 17.5 Å². The number of benzene rings is 1. The quantitative estimate of drug-likeness (QED) is 0.581. The topological polar surface area (TPSA) is 96.2 Å². The molecule has 0 saturated carbocycles. The number of H-pyrrole nitrogens is 1. The Labute approximate surface area is 123 Å². The zero-order valence-electron chi connectivity index (χ0n) is 12.6. The molecule has 6 nitrogen and oxygen atoms in total. The minimum Gasteiger partial charge on any atom is -0.369 e. The molecule has 6 heteroatoms. The summed E-state index contributed by atoms with van der Waals surface area (Å²) < 4.78 is 0. The molecule has 0 unspecified atom stereocenters. The summed E-state index contributed by atoms with van der Waals surface area (Å²) in [4.78, 5) is 22.1. The van der Waals surface area contributed by atoms with Gasteiger partial charge in [-0.2, -0.15) is 4.99 Å². The van der Waals surface area contributed by atoms with Crippen LogP contribution in [0.1, 0.15) is 22.4 Å². The Kier molecular flexibility index (Phi) is 4.07. The van der Waals surface area contributed by atoms with Gasteiger partial charge in [-0.25, -0.2) is 4.98 Å². The van der Waals surface area contributed by atoms with E-state index < -0.39 is 0 Å². The van der Waals surface area contributed by atoms with Crippen LogP contribution in [-0.2, 0) is 0 Å². The molecule has 0 aliphatic carbocycles. The average Bonchev–Trinajstić information content (AvgIpc) is 2.32. The molecule has 2 aromatic rings. The normalized spacial score (nSPS) is 11.5. The number of guanidine groups is 1. The molecular formula is C15H19N5O. The second kappa shape index (κ2) is 5.78. The molecule has 0 bridgehead atoms. The predicted molar refractivity (Wildman–Crippen MR) is 85.2 cm³/mol. The first-order valence-corrected chi connectivity index (χ1v) is 6.62. The van der Waals surface area contributed by atoms with Gasteiger partial charge >= 0.3 is 0 Å². The summed E-state index contributed by atoms with van der Waals surface area (Å²) in [6, 6.07) is 5.53. The summed E-state index contributed by atoms with van der Waals surface area (Å²) in [7, 11) is 0. The third kappa shape index (κ3) is 3.68. The number of hydrogen-bond acceptors (Lipinski definition) is 3. The number of anilines is 1. The van der Waals surface area contributed by atoms with Gasteiger partial charge in [0, 0.05) is 17.4 Å². The van der Waals surface area contributed by atoms with Crippen LogP contribution in [0, 0.1) is 27.7 Å². The van der Waals surface area contributed by atoms with Crippen LogP contribution in [0.15, 0.2) is 28.0 Å². The van der Waals surface area contributed by atoms with Gasteiger partial charge in [-0.1, -0.05) is 17.7 Å². The number of aromatic nitrogens is 2. The molecule has 0 spiro atoms. The second-order valence-electron chi connectivity index (χ2n) is 5.11. The van der Waals surface area contributed by atoms with Crippen molar-refractivity contribution in [1.82, 2.24) is 9.97 Å². The van der Waals surface area contributed by atoms with E-state index >= 15 is 0 Å². The lowest BCUT2D eigenvalue weighted by molar-refractivity contribution is 1.05. The zero-order chi connectivity index (χ0) is 15.6. The van der Waals surface area contributed by atoms with Crippen LogP contribution in [0.5, 0.6) is 0 Å². The number of rotatable bonds is 2. The molecule has 0 fully saturated rings. The minimum absolute atomic E-state index is 0.179. The zero-order valence-corrected chi connectivity index (χ0v) is 12.6. The van der Waals surface area contributed by atoms with E-state index in [0.717, 1.165) is 16.8 Å². The smallest absolute Gasteiger partial charge is 0.252 e. The van der Waals surface area contributed by atoms with Crippen molar-refractivity contribution in [1.29, 1.82) is 0 Å². The van der Waals surface area contributed by atoms with Crippen LogP contribution in [0.25, 0.3) is 0 Å². The van der Waals surface area contributed by atoms with Crippen LogP contribution in [0.2, 0.25) is 0 Å². The number of aromatic amines is 1. The highest BCUT2D eigenvalue weighted by molar-refractivity contribution is 5.95. The number of hydrogen-bond donors (Lipinski definition) is 3. The summed E-state index contributed by atoms with van der Waals surface area (Å²) in [6.45, 7) is 7.78. The monoisotopic (exact) mass is 285 g/mol. The lowest BCUT2D eigenvalue weighted by atomic mass is 10.1. The van der Waals surface area contributed by atoms with E-state index in [1.54, 1.807) is 6.92 Å². The van der Waals surface area contributed by atoms with Gasteiger partial charge in [-0.15, -0.1) is 0 Å². The van der Waals surface area contributed by atoms with Crippen molar-refractivity contribution in [3.63, 3.8) is 0 Å². The van der Waals surface area contributed by atoms with Gasteiger partial charge in [0.1, 0.15) is 0 Å². The van der Waals surface area contributed by atoms with E-state index in [9.17, 15) is 4.79 Å². The maximum absolute atomic E-state index is 11.4. The summed E-state index contributed by atoms with van der Waals surface area (Å²) in [5.74, 6) is 0.367. The Morgan fingerprint density at radius 2 is 1.81 bits per heavy atom. The first-order valence-electron chi connectivity index (χ1n) is 6.62. The Hall–Kier alpha value is -2.63. The van der Waals surface area contributed by atoms with Gasteiger partial charge in [-0.05, 0) is 38.8 Å². The van der Waals surface area contributed by atoms with E-state index in [1.165, 1.54) is 11.6 Å². The predicted octanol–water partition coefficient (Wildman–Crippen LogP) is 2.06. The van der Waals surface area contributed by atoms with E-state index in [2.05, 4.69) is 32.4 Å². The Balaban J connectivity index is 2.31. The van der Waals surface area contributed by atoms with Crippen molar-refractivity contribution in [2.45, 2.75) is 27.7 Å². The molecule has 1 aromatic heterocycles. The second-order valence-corrected chi connectivity index (χ2v) is 5.11. The van der Waals surface area contributed by atoms with Crippen molar-refractivity contribution in [2.75, 3.05) is 5.32 Å². The van der Waals surface area contributed by atoms with Crippen molar-refractivity contribution in [2.24, 2.45) is 10.7 Å². The molecule has 0 radical (unpaired) electrons. The molecule has 0 aliphatic rings. The number of aliphatic imine (C=N–C) groups is 1. The van der Waals surface area contributed by atoms with Crippen LogP contribution in [-0.4, -0.2) is 15.9 Å². The maximum atomic E-state index is 11.4. The average molecular weight is 285 g/mol. The van der Waals surface area contributed by atoms with Crippen LogP contribution >= 0.6 is 0 Å². The standard InChI is InChI=1S/C15H19N5O/c1-8-5-9(2)13(10(3)6-8)19-14(16)20-15-17-11(4)7-12(21)18-15/h5-7H,1-4H3,(H4,16,17,18,19,20,21). The summed E-state index contributed by atoms with van der Waals surface area (Å²) in [5, 5.41) is 3.06. The molecule has 1 heterocycles. The van der Waals surface area contributed by atoms with Crippen molar-refractivity contribution in [3.05, 3.63) is 50.9 Å². The van der Waals surface area contributed by atoms with E-state index in [4.69, 9.17) is 5.73 Å². The molecule has 0 aliphatic heterocycles. The van der Waals surface area contributed by atoms with Gasteiger partial charge in [0.05, 0.1) is 0 Å². The first kappa shape index (κ1) is 14.8. The van der Waals surface area contributed by atoms with Gasteiger partial charge in [-0.3, -0.25) is 9.78 Å². The largest absolute Gasteiger partial charge is 0.369 e. The minimum atomic E-state index is -0.253. The van der Waals surface area contributed by atoms with E-state index in [1.807, 2.05) is 20.8 Å². The number of aryl methyl sites for hydroxylation is 4. The highest BCUT2D eigenvalue weighted by Gasteiger charge is 2.05. The lowest BCUT2D eigenvalue weighted by Gasteiger charge is -2.13. The molecular weight excluding hydrogens is 266 g/mol. The first-order chi connectivity index (χ1) is 9.85. The van der Waals surface area contributed by atoms with Crippen molar-refractivity contribution < 1.29 is 0 Å². The summed E-state index contributed by atoms with van der Waals surface area (Å²) in [5.41, 5.74) is 10.5. The van der Waals surface area contributed by atoms with Gasteiger partial charge in [0.2, 0.25) is 11.9 Å². The van der Waals surface area contributed by atoms with Crippen molar-refractivity contribution in [3.8, 4) is 0 Å². The molecule has 0 amide bonds. The molecule has 4 N–H and O–H groups in total. The Morgan fingerprint density at radius 1 is 1.19 bits per heavy atom. The van der Waals surface area contributed by atoms with Crippen LogP contribution in [0.3, 0.4) is 0 Å². The number of nitrogens with two attached hydrogens (primary N) is 1. The Bertz CT molecular complexity index is 738. The molecule has 110 valence electrons. The molecule has 0 saturated heterocycles. The Morgan fingerprint density at radius 3 is 2.38 bits per heavy atom.